The first-order valence-electron chi connectivity index (χ1n) is 6.49. The fourth-order valence-electron chi connectivity index (χ4n) is 1.77. The van der Waals surface area contributed by atoms with Crippen LogP contribution >= 0.6 is 0 Å². The van der Waals surface area contributed by atoms with Crippen molar-refractivity contribution >= 4 is 20.7 Å². The fourth-order valence-corrected chi connectivity index (χ4v) is 2.58. The summed E-state index contributed by atoms with van der Waals surface area (Å²) < 4.78 is 99.3. The summed E-state index contributed by atoms with van der Waals surface area (Å²) in [5.41, 5.74) is -8.03. The number of aromatic nitrogens is 2. The summed E-state index contributed by atoms with van der Waals surface area (Å²) in [5.74, 6) is 0. The SMILES string of the molecule is CC.Cc1ncnc2c(C(F)(F)F)cc(S(=O)(=O)C(F)(F)F)cc12. The Labute approximate surface area is 133 Å². The molecule has 134 valence electrons. The Morgan fingerprint density at radius 3 is 1.96 bits per heavy atom. The molecule has 0 saturated carbocycles. The minimum atomic E-state index is -5.92. The average molecular weight is 374 g/mol. The Bertz CT molecular complexity index is 844. The Kier molecular flexibility index (Phi) is 5.48. The second-order valence-corrected chi connectivity index (χ2v) is 6.21. The molecule has 1 aromatic heterocycles. The van der Waals surface area contributed by atoms with E-state index in [0.717, 1.165) is 6.33 Å². The molecular formula is C13H12F6N2O2S. The van der Waals surface area contributed by atoms with Crippen molar-refractivity contribution in [3.05, 3.63) is 29.7 Å². The number of fused-ring (bicyclic) bond motifs is 1. The van der Waals surface area contributed by atoms with Crippen molar-refractivity contribution in [1.29, 1.82) is 0 Å². The first-order chi connectivity index (χ1) is 10.9. The molecule has 1 aromatic carbocycles. The van der Waals surface area contributed by atoms with Crippen LogP contribution in [0.5, 0.6) is 0 Å². The van der Waals surface area contributed by atoms with Crippen molar-refractivity contribution in [2.45, 2.75) is 37.4 Å². The quantitative estimate of drug-likeness (QED) is 0.699. The number of benzene rings is 1. The molecule has 2 rings (SSSR count). The predicted octanol–water partition coefficient (Wildman–Crippen LogP) is 4.28. The van der Waals surface area contributed by atoms with Gasteiger partial charge in [0.1, 0.15) is 6.33 Å². The van der Waals surface area contributed by atoms with E-state index in [4.69, 9.17) is 0 Å². The maximum Gasteiger partial charge on any atom is 0.501 e. The normalized spacial score (nSPS) is 12.7. The molecule has 24 heavy (non-hydrogen) atoms. The highest BCUT2D eigenvalue weighted by atomic mass is 32.2. The molecule has 0 amide bonds. The number of nitrogens with zero attached hydrogens (tertiary/aromatic N) is 2. The summed E-state index contributed by atoms with van der Waals surface area (Å²) in [6.07, 6.45) is -4.26. The molecule has 0 saturated heterocycles. The summed E-state index contributed by atoms with van der Waals surface area (Å²) in [6.45, 7) is 5.23. The molecule has 0 fully saturated rings. The van der Waals surface area contributed by atoms with Gasteiger partial charge in [-0.3, -0.25) is 0 Å². The Morgan fingerprint density at radius 1 is 0.958 bits per heavy atom. The van der Waals surface area contributed by atoms with E-state index in [1.807, 2.05) is 13.8 Å². The van der Waals surface area contributed by atoms with E-state index in [1.165, 1.54) is 6.92 Å². The lowest BCUT2D eigenvalue weighted by atomic mass is 10.1. The van der Waals surface area contributed by atoms with E-state index >= 15 is 0 Å². The van der Waals surface area contributed by atoms with E-state index in [0.29, 0.717) is 6.07 Å². The summed E-state index contributed by atoms with van der Waals surface area (Å²) >= 11 is 0. The molecule has 0 aliphatic carbocycles. The highest BCUT2D eigenvalue weighted by Crippen LogP contribution is 2.39. The minimum absolute atomic E-state index is 0.0718. The van der Waals surface area contributed by atoms with Crippen molar-refractivity contribution in [3.8, 4) is 0 Å². The van der Waals surface area contributed by atoms with Crippen LogP contribution in [0.2, 0.25) is 0 Å². The van der Waals surface area contributed by atoms with Gasteiger partial charge in [-0.1, -0.05) is 13.8 Å². The van der Waals surface area contributed by atoms with Gasteiger partial charge in [0, 0.05) is 11.1 Å². The summed E-state index contributed by atoms with van der Waals surface area (Å²) in [4.78, 5) is 5.45. The zero-order valence-electron chi connectivity index (χ0n) is 12.6. The lowest BCUT2D eigenvalue weighted by Crippen LogP contribution is -2.24. The summed E-state index contributed by atoms with van der Waals surface area (Å²) in [5, 5.41) is -0.417. The smallest absolute Gasteiger partial charge is 0.241 e. The zero-order valence-corrected chi connectivity index (χ0v) is 13.4. The third-order valence-electron chi connectivity index (χ3n) is 2.83. The molecule has 0 aliphatic heterocycles. The molecule has 0 radical (unpaired) electrons. The Morgan fingerprint density at radius 2 is 1.50 bits per heavy atom. The number of halogens is 6. The first-order valence-corrected chi connectivity index (χ1v) is 7.98. The molecule has 0 unspecified atom stereocenters. The van der Waals surface area contributed by atoms with Gasteiger partial charge >= 0.3 is 11.7 Å². The van der Waals surface area contributed by atoms with Crippen molar-refractivity contribution in [3.63, 3.8) is 0 Å². The number of hydrogen-bond acceptors (Lipinski definition) is 4. The van der Waals surface area contributed by atoms with Gasteiger partial charge in [0.25, 0.3) is 9.84 Å². The van der Waals surface area contributed by atoms with E-state index in [2.05, 4.69) is 9.97 Å². The number of alkyl halides is 6. The van der Waals surface area contributed by atoms with E-state index < -0.39 is 42.9 Å². The maximum absolute atomic E-state index is 13.0. The van der Waals surface area contributed by atoms with Crippen LogP contribution in [0.4, 0.5) is 26.3 Å². The molecule has 0 N–H and O–H groups in total. The highest BCUT2D eigenvalue weighted by molar-refractivity contribution is 7.92. The lowest BCUT2D eigenvalue weighted by Gasteiger charge is -2.14. The fraction of sp³-hybridized carbons (Fsp3) is 0.385. The topological polar surface area (TPSA) is 59.9 Å². The number of aryl methyl sites for hydroxylation is 1. The zero-order chi connectivity index (χ0) is 18.9. The maximum atomic E-state index is 13.0. The largest absolute Gasteiger partial charge is 0.501 e. The molecule has 0 bridgehead atoms. The van der Waals surface area contributed by atoms with Gasteiger partial charge < -0.3 is 0 Å². The van der Waals surface area contributed by atoms with Gasteiger partial charge in [-0.2, -0.15) is 26.3 Å². The number of sulfone groups is 1. The van der Waals surface area contributed by atoms with E-state index in [-0.39, 0.29) is 11.8 Å². The van der Waals surface area contributed by atoms with Gasteiger partial charge in [-0.25, -0.2) is 18.4 Å². The molecule has 2 aromatic rings. The Balaban J connectivity index is 0.00000139. The molecule has 4 nitrogen and oxygen atoms in total. The van der Waals surface area contributed by atoms with Crippen LogP contribution < -0.4 is 0 Å². The van der Waals surface area contributed by atoms with Gasteiger partial charge in [0.05, 0.1) is 16.0 Å². The van der Waals surface area contributed by atoms with E-state index in [9.17, 15) is 34.8 Å². The molecule has 0 atom stereocenters. The van der Waals surface area contributed by atoms with E-state index in [1.54, 1.807) is 0 Å². The van der Waals surface area contributed by atoms with Crippen LogP contribution in [0, 0.1) is 6.92 Å². The van der Waals surface area contributed by atoms with Crippen LogP contribution in [0.15, 0.2) is 23.4 Å². The number of rotatable bonds is 1. The molecule has 0 spiro atoms. The second-order valence-electron chi connectivity index (χ2n) is 4.27. The third kappa shape index (κ3) is 3.60. The van der Waals surface area contributed by atoms with Crippen molar-refractivity contribution < 1.29 is 34.8 Å². The van der Waals surface area contributed by atoms with Crippen LogP contribution in [0.3, 0.4) is 0 Å². The first kappa shape index (κ1) is 20.1. The average Bonchev–Trinajstić information content (AvgIpc) is 2.46. The van der Waals surface area contributed by atoms with Crippen LogP contribution in [-0.4, -0.2) is 23.9 Å². The third-order valence-corrected chi connectivity index (χ3v) is 4.30. The summed E-state index contributed by atoms with van der Waals surface area (Å²) in [7, 11) is -5.92. The Hall–Kier alpha value is -1.91. The van der Waals surface area contributed by atoms with Crippen molar-refractivity contribution in [1.82, 2.24) is 9.97 Å². The molecule has 11 heteroatoms. The standard InChI is InChI=1S/C11H6F6N2O2S.C2H6/c1-5-7-2-6(22(20,21)11(15,16)17)3-8(10(12,13)14)9(7)19-4-18-5;1-2/h2-4H,1H3;1-2H3. The monoisotopic (exact) mass is 374 g/mol. The molecule has 0 aliphatic rings. The van der Waals surface area contributed by atoms with Crippen molar-refractivity contribution in [2.75, 3.05) is 0 Å². The highest BCUT2D eigenvalue weighted by Gasteiger charge is 2.48. The summed E-state index contributed by atoms with van der Waals surface area (Å²) in [6, 6.07) is 0.417. The minimum Gasteiger partial charge on any atom is -0.241 e. The van der Waals surface area contributed by atoms with Gasteiger partial charge in [-0.05, 0) is 19.1 Å². The van der Waals surface area contributed by atoms with Gasteiger partial charge in [0.15, 0.2) is 0 Å². The van der Waals surface area contributed by atoms with Crippen LogP contribution in [-0.2, 0) is 16.0 Å². The lowest BCUT2D eigenvalue weighted by molar-refractivity contribution is -0.136. The van der Waals surface area contributed by atoms with Crippen LogP contribution in [0.1, 0.15) is 25.1 Å². The predicted molar refractivity (Wildman–Crippen MR) is 73.9 cm³/mol. The van der Waals surface area contributed by atoms with Gasteiger partial charge in [-0.15, -0.1) is 0 Å². The molecule has 1 heterocycles. The van der Waals surface area contributed by atoms with Crippen LogP contribution in [0.25, 0.3) is 10.9 Å². The van der Waals surface area contributed by atoms with Gasteiger partial charge in [0.2, 0.25) is 0 Å². The molecular weight excluding hydrogens is 362 g/mol. The second kappa shape index (κ2) is 6.54. The number of hydrogen-bond donors (Lipinski definition) is 0. The van der Waals surface area contributed by atoms with Crippen molar-refractivity contribution in [2.24, 2.45) is 0 Å².